The number of carbonyl (C=O) groups is 1. The van der Waals surface area contributed by atoms with Crippen molar-refractivity contribution in [2.75, 3.05) is 6.54 Å². The first-order valence-electron chi connectivity index (χ1n) is 5.38. The zero-order valence-corrected chi connectivity index (χ0v) is 9.29. The number of phenolic OH excluding ortho intramolecular Hbond substituents is 1. The molecule has 1 aromatic rings. The summed E-state index contributed by atoms with van der Waals surface area (Å²) < 4.78 is 0. The van der Waals surface area contributed by atoms with E-state index >= 15 is 0 Å². The third kappa shape index (κ3) is 2.02. The van der Waals surface area contributed by atoms with E-state index in [1.807, 2.05) is 0 Å². The molecule has 0 saturated heterocycles. The van der Waals surface area contributed by atoms with E-state index in [0.717, 1.165) is 18.4 Å². The third-order valence-electron chi connectivity index (χ3n) is 3.08. The highest BCUT2D eigenvalue weighted by Gasteiger charge is 2.42. The molecule has 4 heteroatoms. The number of rotatable bonds is 3. The molecule has 0 atom stereocenters. The molecular formula is C12H16N2O2. The van der Waals surface area contributed by atoms with E-state index in [1.54, 1.807) is 19.1 Å². The Kier molecular flexibility index (Phi) is 2.59. The summed E-state index contributed by atoms with van der Waals surface area (Å²) in [7, 11) is 0. The number of phenols is 1. The molecule has 0 aromatic heterocycles. The van der Waals surface area contributed by atoms with Crippen LogP contribution in [0.1, 0.15) is 28.8 Å². The average molecular weight is 220 g/mol. The highest BCUT2D eigenvalue weighted by molar-refractivity contribution is 5.96. The van der Waals surface area contributed by atoms with Crippen LogP contribution in [0.15, 0.2) is 18.2 Å². The lowest BCUT2D eigenvalue weighted by molar-refractivity contribution is 0.0932. The SMILES string of the molecule is Cc1cc(O)ccc1C(=O)NC1(CN)CC1. The monoisotopic (exact) mass is 220 g/mol. The molecule has 1 fully saturated rings. The average Bonchev–Trinajstić information content (AvgIpc) is 2.98. The van der Waals surface area contributed by atoms with Crippen LogP contribution < -0.4 is 11.1 Å². The number of hydrogen-bond donors (Lipinski definition) is 3. The Morgan fingerprint density at radius 2 is 2.25 bits per heavy atom. The molecule has 16 heavy (non-hydrogen) atoms. The standard InChI is InChI=1S/C12H16N2O2/c1-8-6-9(15)2-3-10(8)11(16)14-12(7-13)4-5-12/h2-3,6,15H,4-5,7,13H2,1H3,(H,14,16). The van der Waals surface area contributed by atoms with Crippen LogP contribution in [0.3, 0.4) is 0 Å². The second kappa shape index (κ2) is 3.79. The fourth-order valence-electron chi connectivity index (χ4n) is 1.74. The smallest absolute Gasteiger partial charge is 0.252 e. The molecule has 0 unspecified atom stereocenters. The molecule has 2 rings (SSSR count). The molecule has 0 aliphatic heterocycles. The van der Waals surface area contributed by atoms with Gasteiger partial charge in [0, 0.05) is 12.1 Å². The normalized spacial score (nSPS) is 16.9. The maximum absolute atomic E-state index is 11.9. The molecule has 4 nitrogen and oxygen atoms in total. The molecule has 0 spiro atoms. The van der Waals surface area contributed by atoms with Crippen molar-refractivity contribution >= 4 is 5.91 Å². The van der Waals surface area contributed by atoms with E-state index in [2.05, 4.69) is 5.32 Å². The summed E-state index contributed by atoms with van der Waals surface area (Å²) in [4.78, 5) is 11.9. The Morgan fingerprint density at radius 1 is 1.56 bits per heavy atom. The Balaban J connectivity index is 2.15. The molecule has 1 aliphatic carbocycles. The van der Waals surface area contributed by atoms with Crippen molar-refractivity contribution in [2.45, 2.75) is 25.3 Å². The zero-order chi connectivity index (χ0) is 11.8. The number of amides is 1. The van der Waals surface area contributed by atoms with E-state index in [-0.39, 0.29) is 17.2 Å². The first-order valence-corrected chi connectivity index (χ1v) is 5.38. The number of nitrogens with two attached hydrogens (primary N) is 1. The van der Waals surface area contributed by atoms with Gasteiger partial charge in [0.2, 0.25) is 0 Å². The Hall–Kier alpha value is -1.55. The summed E-state index contributed by atoms with van der Waals surface area (Å²) in [6.45, 7) is 2.28. The molecule has 1 aliphatic rings. The van der Waals surface area contributed by atoms with Gasteiger partial charge in [-0.25, -0.2) is 0 Å². The van der Waals surface area contributed by atoms with Crippen molar-refractivity contribution in [2.24, 2.45) is 5.73 Å². The van der Waals surface area contributed by atoms with Gasteiger partial charge in [0.05, 0.1) is 5.54 Å². The zero-order valence-electron chi connectivity index (χ0n) is 9.29. The Morgan fingerprint density at radius 3 is 2.75 bits per heavy atom. The van der Waals surface area contributed by atoms with Crippen molar-refractivity contribution in [1.29, 1.82) is 0 Å². The number of carbonyl (C=O) groups excluding carboxylic acids is 1. The quantitative estimate of drug-likeness (QED) is 0.709. The van der Waals surface area contributed by atoms with E-state index < -0.39 is 0 Å². The van der Waals surface area contributed by atoms with Crippen molar-refractivity contribution in [3.8, 4) is 5.75 Å². The van der Waals surface area contributed by atoms with E-state index in [0.29, 0.717) is 12.1 Å². The Bertz CT molecular complexity index is 425. The van der Waals surface area contributed by atoms with Crippen LogP contribution in [0, 0.1) is 6.92 Å². The molecule has 0 heterocycles. The van der Waals surface area contributed by atoms with E-state index in [1.165, 1.54) is 6.07 Å². The summed E-state index contributed by atoms with van der Waals surface area (Å²) in [6, 6.07) is 4.73. The van der Waals surface area contributed by atoms with Crippen molar-refractivity contribution in [3.63, 3.8) is 0 Å². The van der Waals surface area contributed by atoms with Crippen LogP contribution in [0.2, 0.25) is 0 Å². The van der Waals surface area contributed by atoms with Crippen LogP contribution in [-0.4, -0.2) is 23.1 Å². The van der Waals surface area contributed by atoms with Gasteiger partial charge < -0.3 is 16.2 Å². The minimum atomic E-state index is -0.179. The fourth-order valence-corrected chi connectivity index (χ4v) is 1.74. The van der Waals surface area contributed by atoms with Gasteiger partial charge >= 0.3 is 0 Å². The van der Waals surface area contributed by atoms with Gasteiger partial charge in [-0.05, 0) is 43.5 Å². The highest BCUT2D eigenvalue weighted by Crippen LogP contribution is 2.34. The number of hydrogen-bond acceptors (Lipinski definition) is 3. The van der Waals surface area contributed by atoms with Crippen molar-refractivity contribution in [3.05, 3.63) is 29.3 Å². The number of aromatic hydroxyl groups is 1. The van der Waals surface area contributed by atoms with Crippen LogP contribution in [0.25, 0.3) is 0 Å². The summed E-state index contributed by atoms with van der Waals surface area (Å²) in [6.07, 6.45) is 1.90. The number of benzene rings is 1. The van der Waals surface area contributed by atoms with E-state index in [9.17, 15) is 9.90 Å². The lowest BCUT2D eigenvalue weighted by Crippen LogP contribution is -2.42. The van der Waals surface area contributed by atoms with Crippen LogP contribution in [-0.2, 0) is 0 Å². The van der Waals surface area contributed by atoms with Gasteiger partial charge in [-0.2, -0.15) is 0 Å². The molecular weight excluding hydrogens is 204 g/mol. The maximum Gasteiger partial charge on any atom is 0.252 e. The van der Waals surface area contributed by atoms with Gasteiger partial charge in [-0.15, -0.1) is 0 Å². The van der Waals surface area contributed by atoms with Gasteiger partial charge in [-0.3, -0.25) is 4.79 Å². The lowest BCUT2D eigenvalue weighted by atomic mass is 10.1. The Labute approximate surface area is 94.5 Å². The maximum atomic E-state index is 11.9. The van der Waals surface area contributed by atoms with Crippen molar-refractivity contribution < 1.29 is 9.90 Å². The molecule has 86 valence electrons. The molecule has 0 bridgehead atoms. The van der Waals surface area contributed by atoms with Crippen LogP contribution in [0.4, 0.5) is 0 Å². The predicted molar refractivity (Wildman–Crippen MR) is 61.3 cm³/mol. The minimum Gasteiger partial charge on any atom is -0.508 e. The van der Waals surface area contributed by atoms with Crippen LogP contribution in [0.5, 0.6) is 5.75 Å². The van der Waals surface area contributed by atoms with Gasteiger partial charge in [0.1, 0.15) is 5.75 Å². The first-order chi connectivity index (χ1) is 7.56. The lowest BCUT2D eigenvalue weighted by Gasteiger charge is -2.15. The van der Waals surface area contributed by atoms with Gasteiger partial charge in [-0.1, -0.05) is 0 Å². The summed E-state index contributed by atoms with van der Waals surface area (Å²) in [5.74, 6) is 0.0643. The van der Waals surface area contributed by atoms with Crippen LogP contribution >= 0.6 is 0 Å². The summed E-state index contributed by atoms with van der Waals surface area (Å²) in [5, 5.41) is 12.2. The molecule has 1 saturated carbocycles. The number of aryl methyl sites for hydroxylation is 1. The highest BCUT2D eigenvalue weighted by atomic mass is 16.3. The van der Waals surface area contributed by atoms with Crippen molar-refractivity contribution in [1.82, 2.24) is 5.32 Å². The molecule has 0 radical (unpaired) electrons. The first kappa shape index (κ1) is 11.0. The molecule has 1 aromatic carbocycles. The fraction of sp³-hybridized carbons (Fsp3) is 0.417. The van der Waals surface area contributed by atoms with Gasteiger partial charge in [0.15, 0.2) is 0 Å². The van der Waals surface area contributed by atoms with Gasteiger partial charge in [0.25, 0.3) is 5.91 Å². The second-order valence-corrected chi connectivity index (χ2v) is 4.44. The van der Waals surface area contributed by atoms with E-state index in [4.69, 9.17) is 5.73 Å². The largest absolute Gasteiger partial charge is 0.508 e. The third-order valence-corrected chi connectivity index (χ3v) is 3.08. The second-order valence-electron chi connectivity index (χ2n) is 4.44. The topological polar surface area (TPSA) is 75.3 Å². The summed E-state index contributed by atoms with van der Waals surface area (Å²) >= 11 is 0. The number of nitrogens with one attached hydrogen (secondary N) is 1. The molecule has 1 amide bonds. The molecule has 4 N–H and O–H groups in total. The minimum absolute atomic E-state index is 0.111. The summed E-state index contributed by atoms with van der Waals surface area (Å²) in [5.41, 5.74) is 6.79. The predicted octanol–water partition coefficient (Wildman–Crippen LogP) is 0.922.